The molecule has 0 aromatic heterocycles. The lowest BCUT2D eigenvalue weighted by Crippen LogP contribution is -2.42. The third-order valence-corrected chi connectivity index (χ3v) is 8.85. The van der Waals surface area contributed by atoms with Crippen LogP contribution in [0, 0.1) is 20.2 Å². The Morgan fingerprint density at radius 2 is 1.27 bits per heavy atom. The first-order valence-electron chi connectivity index (χ1n) is 19.5. The molecule has 5 aromatic rings. The highest BCUT2D eigenvalue weighted by Crippen LogP contribution is 2.34. The number of anilines is 5. The molecule has 2 heterocycles. The van der Waals surface area contributed by atoms with Crippen molar-refractivity contribution in [3.63, 3.8) is 0 Å². The number of ether oxygens (including phenoxy) is 6. The summed E-state index contributed by atoms with van der Waals surface area (Å²) in [4.78, 5) is 71.3. The highest BCUT2D eigenvalue weighted by Gasteiger charge is 2.28. The summed E-state index contributed by atoms with van der Waals surface area (Å²) in [6, 6.07) is 28.5. The molecule has 0 spiro atoms. The van der Waals surface area contributed by atoms with Crippen LogP contribution in [0.5, 0.6) is 23.0 Å². The van der Waals surface area contributed by atoms with Crippen LogP contribution >= 0.6 is 0 Å². The summed E-state index contributed by atoms with van der Waals surface area (Å²) >= 11 is 0. The van der Waals surface area contributed by atoms with Crippen LogP contribution in [0.4, 0.5) is 50.3 Å². The topological polar surface area (TPSA) is 288 Å². The molecule has 0 saturated heterocycles. The number of hydrogen-bond donors (Lipinski definition) is 4. The lowest BCUT2D eigenvalue weighted by atomic mass is 10.2. The predicted octanol–water partition coefficient (Wildman–Crippen LogP) is 6.90. The Bertz CT molecular complexity index is 2560. The number of nitrogen functional groups attached to an aromatic ring is 1. The minimum Gasteiger partial charge on any atom is -0.497 e. The number of amides is 3. The van der Waals surface area contributed by atoms with Gasteiger partial charge in [-0.25, -0.2) is 14.6 Å². The Hall–Kier alpha value is -8.95. The number of carbonyl (C=O) groups excluding carboxylic acids is 4. The molecule has 0 saturated carbocycles. The summed E-state index contributed by atoms with van der Waals surface area (Å²) in [5, 5.41) is 29.7. The van der Waals surface area contributed by atoms with Gasteiger partial charge in [0.1, 0.15) is 53.7 Å². The van der Waals surface area contributed by atoms with Crippen molar-refractivity contribution in [2.24, 2.45) is 4.99 Å². The van der Waals surface area contributed by atoms with E-state index in [1.54, 1.807) is 44.4 Å². The number of nitro benzene ring substituents is 2. The number of methoxy groups -OCH3 is 4. The number of aliphatic imine (C=N–C) groups is 1. The largest absolute Gasteiger partial charge is 0.497 e. The molecule has 7 rings (SSSR count). The molecule has 2 aliphatic rings. The van der Waals surface area contributed by atoms with Gasteiger partial charge in [-0.1, -0.05) is 30.3 Å². The van der Waals surface area contributed by atoms with Crippen molar-refractivity contribution in [2.45, 2.75) is 13.5 Å². The number of fused-ring (bicyclic) bond motifs is 2. The Labute approximate surface area is 377 Å². The van der Waals surface area contributed by atoms with E-state index in [4.69, 9.17) is 29.4 Å². The van der Waals surface area contributed by atoms with Crippen molar-refractivity contribution < 1.29 is 57.4 Å². The molecule has 5 aromatic carbocycles. The van der Waals surface area contributed by atoms with Crippen LogP contribution in [-0.4, -0.2) is 88.1 Å². The maximum absolute atomic E-state index is 12.3. The molecule has 0 fully saturated rings. The van der Waals surface area contributed by atoms with Crippen molar-refractivity contribution in [1.82, 2.24) is 0 Å². The lowest BCUT2D eigenvalue weighted by Gasteiger charge is -2.28. The van der Waals surface area contributed by atoms with Gasteiger partial charge in [-0.15, -0.1) is 0 Å². The van der Waals surface area contributed by atoms with Gasteiger partial charge in [0, 0.05) is 12.1 Å². The Morgan fingerprint density at radius 3 is 1.89 bits per heavy atom. The van der Waals surface area contributed by atoms with Crippen LogP contribution in [0.15, 0.2) is 108 Å². The maximum Gasteiger partial charge on any atom is 0.415 e. The standard InChI is InChI=1S/C17H16N2O4.C11H12N2O5.C9H10N2O2.C7H8N2O3/c1-22-13-7-8-15-14(9-13)18-16(20)10-19(15)17(21)23-11-12-5-3-2-4-6-12;1-3-18-11(14)7-12-9-5-4-8(17-2)6-10(9)13(15)16;1-13-6-2-3-7-8(4-6)11-9(12)5-10-7;1-12-5-2-3-6(8)7(4-5)9(10)11/h2-9H,10-11H2,1H3,(H,18,20);4-7H,3H2,1-2H3;2-4,10H,5H2,1H3,(H,11,12);2-4H,8H2,1H3. The number of rotatable bonds is 11. The third kappa shape index (κ3) is 14.6. The average Bonchev–Trinajstić information content (AvgIpc) is 3.32. The normalized spacial score (nSPS) is 11.9. The molecule has 3 amide bonds. The van der Waals surface area contributed by atoms with E-state index in [1.165, 1.54) is 56.6 Å². The number of carbonyl (C=O) groups is 4. The SMILES string of the molecule is CCOC(=O)C=Nc1ccc(OC)cc1[N+](=O)[O-].COc1ccc(N)c([N+](=O)[O-])c1.COc1ccc2c(c1)NC(=O)CN2.COc1ccc2c(c1)NC(=O)CN2C(=O)OCc1ccccc1. The average molecular weight is 911 g/mol. The second kappa shape index (κ2) is 24.6. The van der Waals surface area contributed by atoms with Crippen molar-refractivity contribution in [1.29, 1.82) is 0 Å². The highest BCUT2D eigenvalue weighted by molar-refractivity contribution is 6.23. The number of hydrogen-bond acceptors (Lipinski definition) is 17. The van der Waals surface area contributed by atoms with E-state index in [9.17, 15) is 39.4 Å². The van der Waals surface area contributed by atoms with Crippen molar-refractivity contribution in [2.75, 3.05) is 74.7 Å². The van der Waals surface area contributed by atoms with Crippen molar-refractivity contribution >= 4 is 75.6 Å². The van der Waals surface area contributed by atoms with Gasteiger partial charge in [-0.3, -0.25) is 34.7 Å². The van der Waals surface area contributed by atoms with Crippen LogP contribution in [0.1, 0.15) is 12.5 Å². The number of esters is 1. The van der Waals surface area contributed by atoms with E-state index in [0.717, 1.165) is 28.9 Å². The molecule has 2 aliphatic heterocycles. The first-order chi connectivity index (χ1) is 31.7. The molecule has 0 bridgehead atoms. The fourth-order valence-electron chi connectivity index (χ4n) is 5.63. The number of nitrogens with zero attached hydrogens (tertiary/aromatic N) is 4. The molecule has 5 N–H and O–H groups in total. The molecule has 0 atom stereocenters. The van der Waals surface area contributed by atoms with Crippen LogP contribution in [0.2, 0.25) is 0 Å². The first-order valence-corrected chi connectivity index (χ1v) is 19.5. The summed E-state index contributed by atoms with van der Waals surface area (Å²) in [5.74, 6) is 1.16. The minimum atomic E-state index is -0.650. The first kappa shape index (κ1) is 49.7. The van der Waals surface area contributed by atoms with Gasteiger partial charge < -0.3 is 50.1 Å². The fourth-order valence-corrected chi connectivity index (χ4v) is 5.63. The number of nitro groups is 2. The van der Waals surface area contributed by atoms with Gasteiger partial charge in [-0.2, -0.15) is 0 Å². The van der Waals surface area contributed by atoms with E-state index in [2.05, 4.69) is 25.7 Å². The highest BCUT2D eigenvalue weighted by atomic mass is 16.6. The summed E-state index contributed by atoms with van der Waals surface area (Å²) in [5.41, 5.74) is 8.88. The van der Waals surface area contributed by atoms with E-state index < -0.39 is 21.9 Å². The zero-order chi connectivity index (χ0) is 48.2. The van der Waals surface area contributed by atoms with Crippen LogP contribution in [-0.2, 0) is 30.5 Å². The summed E-state index contributed by atoms with van der Waals surface area (Å²) in [7, 11) is 5.98. The second-order valence-corrected chi connectivity index (χ2v) is 13.2. The second-order valence-electron chi connectivity index (χ2n) is 13.2. The molecule has 0 unspecified atom stereocenters. The van der Waals surface area contributed by atoms with Gasteiger partial charge in [-0.05, 0) is 61.0 Å². The Balaban J connectivity index is 0.000000199. The van der Waals surface area contributed by atoms with Gasteiger partial charge in [0.05, 0.1) is 86.3 Å². The number of benzene rings is 5. The van der Waals surface area contributed by atoms with Gasteiger partial charge in [0.2, 0.25) is 11.8 Å². The van der Waals surface area contributed by atoms with E-state index in [-0.39, 0.29) is 54.3 Å². The molecule has 22 heteroatoms. The molecule has 346 valence electrons. The molecule has 0 radical (unpaired) electrons. The zero-order valence-electron chi connectivity index (χ0n) is 36.3. The quantitative estimate of drug-likeness (QED) is 0.0344. The van der Waals surface area contributed by atoms with Gasteiger partial charge in [0.25, 0.3) is 11.4 Å². The van der Waals surface area contributed by atoms with Crippen LogP contribution in [0.25, 0.3) is 0 Å². The molecular weight excluding hydrogens is 865 g/mol. The number of nitrogens with two attached hydrogens (primary N) is 1. The van der Waals surface area contributed by atoms with E-state index >= 15 is 0 Å². The summed E-state index contributed by atoms with van der Waals surface area (Å²) < 4.78 is 29.8. The van der Waals surface area contributed by atoms with E-state index in [1.807, 2.05) is 42.5 Å². The minimum absolute atomic E-state index is 0.0271. The molecule has 22 nitrogen and oxygen atoms in total. The smallest absolute Gasteiger partial charge is 0.415 e. The van der Waals surface area contributed by atoms with E-state index in [0.29, 0.717) is 35.2 Å². The summed E-state index contributed by atoms with van der Waals surface area (Å²) in [6.07, 6.45) is 0.341. The Morgan fingerprint density at radius 1 is 0.712 bits per heavy atom. The zero-order valence-corrected chi connectivity index (χ0v) is 36.3. The Kier molecular flexibility index (Phi) is 18.5. The molecule has 0 aliphatic carbocycles. The van der Waals surface area contributed by atoms with Crippen molar-refractivity contribution in [3.05, 3.63) is 129 Å². The van der Waals surface area contributed by atoms with Crippen molar-refractivity contribution in [3.8, 4) is 23.0 Å². The lowest BCUT2D eigenvalue weighted by molar-refractivity contribution is -0.384. The van der Waals surface area contributed by atoms with Gasteiger partial charge >= 0.3 is 12.1 Å². The number of nitrogens with one attached hydrogen (secondary N) is 3. The van der Waals surface area contributed by atoms with Crippen LogP contribution in [0.3, 0.4) is 0 Å². The maximum atomic E-state index is 12.3. The molecular formula is C44H46N8O14. The fraction of sp³-hybridized carbons (Fsp3) is 0.205. The van der Waals surface area contributed by atoms with Crippen LogP contribution < -0.4 is 45.5 Å². The predicted molar refractivity (Wildman–Crippen MR) is 244 cm³/mol. The molecule has 66 heavy (non-hydrogen) atoms. The third-order valence-electron chi connectivity index (χ3n) is 8.85. The van der Waals surface area contributed by atoms with Gasteiger partial charge in [0.15, 0.2) is 0 Å². The monoisotopic (exact) mass is 910 g/mol. The summed E-state index contributed by atoms with van der Waals surface area (Å²) in [6.45, 7) is 2.28.